The van der Waals surface area contributed by atoms with Crippen molar-refractivity contribution in [1.82, 2.24) is 10.2 Å². The zero-order valence-electron chi connectivity index (χ0n) is 17.7. The predicted octanol–water partition coefficient (Wildman–Crippen LogP) is 3.32. The first-order chi connectivity index (χ1) is 14.4. The van der Waals surface area contributed by atoms with E-state index in [1.807, 2.05) is 13.8 Å². The van der Waals surface area contributed by atoms with Crippen LogP contribution in [-0.2, 0) is 9.53 Å². The topological polar surface area (TPSA) is 92.8 Å². The SMILES string of the molecule is CC(C)CCN1C(=O)c2ccc(C(=O)OCC(=O)NC3CCCCCC3)cc2C1=O. The van der Waals surface area contributed by atoms with Crippen LogP contribution in [0.4, 0.5) is 0 Å². The van der Waals surface area contributed by atoms with Gasteiger partial charge in [0.1, 0.15) is 0 Å². The third-order valence-electron chi connectivity index (χ3n) is 5.69. The number of nitrogens with one attached hydrogen (secondary N) is 1. The first-order valence-electron chi connectivity index (χ1n) is 10.8. The second-order valence-corrected chi connectivity index (χ2v) is 8.54. The predicted molar refractivity (Wildman–Crippen MR) is 111 cm³/mol. The molecule has 1 aliphatic heterocycles. The molecule has 1 fully saturated rings. The molecule has 1 heterocycles. The summed E-state index contributed by atoms with van der Waals surface area (Å²) in [7, 11) is 0. The fraction of sp³-hybridized carbons (Fsp3) is 0.565. The molecule has 1 N–H and O–H groups in total. The molecular formula is C23H30N2O5. The van der Waals surface area contributed by atoms with Gasteiger partial charge in [-0.3, -0.25) is 19.3 Å². The van der Waals surface area contributed by atoms with Crippen molar-refractivity contribution >= 4 is 23.7 Å². The largest absolute Gasteiger partial charge is 0.452 e. The Labute approximate surface area is 177 Å². The van der Waals surface area contributed by atoms with Gasteiger partial charge in [0.05, 0.1) is 16.7 Å². The zero-order chi connectivity index (χ0) is 21.7. The number of carbonyl (C=O) groups is 4. The fourth-order valence-electron chi connectivity index (χ4n) is 3.92. The summed E-state index contributed by atoms with van der Waals surface area (Å²) in [6, 6.07) is 4.46. The highest BCUT2D eigenvalue weighted by Gasteiger charge is 2.35. The van der Waals surface area contributed by atoms with E-state index < -0.39 is 11.9 Å². The van der Waals surface area contributed by atoms with E-state index in [1.165, 1.54) is 35.9 Å². The molecule has 2 aliphatic rings. The Kier molecular flexibility index (Phi) is 7.24. The van der Waals surface area contributed by atoms with Gasteiger partial charge in [-0.15, -0.1) is 0 Å². The molecule has 1 aromatic rings. The Hall–Kier alpha value is -2.70. The van der Waals surface area contributed by atoms with Crippen LogP contribution in [0.1, 0.15) is 89.9 Å². The summed E-state index contributed by atoms with van der Waals surface area (Å²) < 4.78 is 5.13. The second kappa shape index (κ2) is 9.87. The van der Waals surface area contributed by atoms with Gasteiger partial charge in [-0.1, -0.05) is 39.5 Å². The number of benzene rings is 1. The lowest BCUT2D eigenvalue weighted by atomic mass is 10.1. The van der Waals surface area contributed by atoms with Gasteiger partial charge in [0.15, 0.2) is 6.61 Å². The van der Waals surface area contributed by atoms with Crippen molar-refractivity contribution in [3.05, 3.63) is 34.9 Å². The van der Waals surface area contributed by atoms with Crippen LogP contribution < -0.4 is 5.32 Å². The number of hydrogen-bond acceptors (Lipinski definition) is 5. The van der Waals surface area contributed by atoms with Crippen molar-refractivity contribution in [1.29, 1.82) is 0 Å². The summed E-state index contributed by atoms with van der Waals surface area (Å²) in [6.45, 7) is 4.04. The van der Waals surface area contributed by atoms with Crippen LogP contribution in [0.25, 0.3) is 0 Å². The maximum Gasteiger partial charge on any atom is 0.338 e. The van der Waals surface area contributed by atoms with Crippen molar-refractivity contribution in [3.8, 4) is 0 Å². The average molecular weight is 415 g/mol. The van der Waals surface area contributed by atoms with Crippen molar-refractivity contribution in [2.24, 2.45) is 5.92 Å². The molecule has 1 aliphatic carbocycles. The Morgan fingerprint density at radius 2 is 1.73 bits per heavy atom. The standard InChI is InChI=1S/C23H30N2O5/c1-15(2)11-12-25-21(27)18-10-9-16(13-19(18)22(25)28)23(29)30-14-20(26)24-17-7-5-3-4-6-8-17/h9-10,13,15,17H,3-8,11-12,14H2,1-2H3,(H,24,26). The number of fused-ring (bicyclic) bond motifs is 1. The quantitative estimate of drug-likeness (QED) is 0.420. The van der Waals surface area contributed by atoms with Gasteiger partial charge >= 0.3 is 5.97 Å². The molecule has 7 nitrogen and oxygen atoms in total. The zero-order valence-corrected chi connectivity index (χ0v) is 17.7. The van der Waals surface area contributed by atoms with Gasteiger partial charge in [-0.25, -0.2) is 4.79 Å². The first kappa shape index (κ1) is 22.0. The molecule has 0 saturated heterocycles. The molecule has 1 aromatic carbocycles. The average Bonchev–Trinajstić information content (AvgIpc) is 2.88. The molecular weight excluding hydrogens is 384 g/mol. The summed E-state index contributed by atoms with van der Waals surface area (Å²) in [5, 5.41) is 2.93. The minimum Gasteiger partial charge on any atom is -0.452 e. The fourth-order valence-corrected chi connectivity index (χ4v) is 3.92. The summed E-state index contributed by atoms with van der Waals surface area (Å²) in [5.74, 6) is -1.36. The number of ether oxygens (including phenoxy) is 1. The molecule has 1 saturated carbocycles. The highest BCUT2D eigenvalue weighted by atomic mass is 16.5. The minimum atomic E-state index is -0.685. The lowest BCUT2D eigenvalue weighted by molar-refractivity contribution is -0.125. The van der Waals surface area contributed by atoms with Crippen LogP contribution in [0.15, 0.2) is 18.2 Å². The van der Waals surface area contributed by atoms with Crippen LogP contribution in [0.3, 0.4) is 0 Å². The van der Waals surface area contributed by atoms with Gasteiger partial charge in [0, 0.05) is 12.6 Å². The van der Waals surface area contributed by atoms with E-state index >= 15 is 0 Å². The molecule has 0 aromatic heterocycles. The Morgan fingerprint density at radius 3 is 2.40 bits per heavy atom. The lowest BCUT2D eigenvalue weighted by Crippen LogP contribution is -2.37. The third kappa shape index (κ3) is 5.26. The number of rotatable bonds is 7. The van der Waals surface area contributed by atoms with Crippen LogP contribution in [0, 0.1) is 5.92 Å². The van der Waals surface area contributed by atoms with Crippen molar-refractivity contribution in [2.45, 2.75) is 64.8 Å². The molecule has 162 valence electrons. The van der Waals surface area contributed by atoms with Gasteiger partial charge < -0.3 is 10.1 Å². The maximum atomic E-state index is 12.6. The van der Waals surface area contributed by atoms with Gasteiger partial charge in [0.2, 0.25) is 0 Å². The maximum absolute atomic E-state index is 12.6. The van der Waals surface area contributed by atoms with E-state index in [-0.39, 0.29) is 35.6 Å². The van der Waals surface area contributed by atoms with E-state index in [1.54, 1.807) is 0 Å². The monoisotopic (exact) mass is 414 g/mol. The van der Waals surface area contributed by atoms with E-state index in [9.17, 15) is 19.2 Å². The normalized spacial score (nSPS) is 17.1. The molecule has 7 heteroatoms. The molecule has 3 rings (SSSR count). The van der Waals surface area contributed by atoms with Gasteiger partial charge in [-0.05, 0) is 43.4 Å². The number of nitrogens with zero attached hydrogens (tertiary/aromatic N) is 1. The van der Waals surface area contributed by atoms with Crippen molar-refractivity contribution in [2.75, 3.05) is 13.2 Å². The molecule has 0 spiro atoms. The number of hydrogen-bond donors (Lipinski definition) is 1. The third-order valence-corrected chi connectivity index (χ3v) is 5.69. The highest BCUT2D eigenvalue weighted by molar-refractivity contribution is 6.22. The molecule has 0 radical (unpaired) electrons. The summed E-state index contributed by atoms with van der Waals surface area (Å²) in [6.07, 6.45) is 7.20. The molecule has 0 unspecified atom stereocenters. The van der Waals surface area contributed by atoms with Crippen LogP contribution in [-0.4, -0.2) is 47.8 Å². The molecule has 0 atom stereocenters. The van der Waals surface area contributed by atoms with Crippen molar-refractivity contribution in [3.63, 3.8) is 0 Å². The number of esters is 1. The van der Waals surface area contributed by atoms with Gasteiger partial charge in [0.25, 0.3) is 17.7 Å². The Balaban J connectivity index is 1.57. The minimum absolute atomic E-state index is 0.138. The van der Waals surface area contributed by atoms with Gasteiger partial charge in [-0.2, -0.15) is 0 Å². The second-order valence-electron chi connectivity index (χ2n) is 8.54. The first-order valence-corrected chi connectivity index (χ1v) is 10.8. The number of carbonyl (C=O) groups excluding carboxylic acids is 4. The van der Waals surface area contributed by atoms with E-state index in [4.69, 9.17) is 4.74 Å². The lowest BCUT2D eigenvalue weighted by Gasteiger charge is -2.16. The summed E-state index contributed by atoms with van der Waals surface area (Å²) in [4.78, 5) is 50.8. The summed E-state index contributed by atoms with van der Waals surface area (Å²) >= 11 is 0. The van der Waals surface area contributed by atoms with E-state index in [0.717, 1.165) is 32.1 Å². The molecule has 3 amide bonds. The highest BCUT2D eigenvalue weighted by Crippen LogP contribution is 2.25. The van der Waals surface area contributed by atoms with Crippen LogP contribution in [0.5, 0.6) is 0 Å². The summed E-state index contributed by atoms with van der Waals surface area (Å²) in [5.41, 5.74) is 0.662. The number of imide groups is 1. The van der Waals surface area contributed by atoms with Crippen molar-refractivity contribution < 1.29 is 23.9 Å². The van der Waals surface area contributed by atoms with E-state index in [2.05, 4.69) is 5.32 Å². The Bertz CT molecular complexity index is 825. The molecule has 30 heavy (non-hydrogen) atoms. The van der Waals surface area contributed by atoms with Crippen LogP contribution >= 0.6 is 0 Å². The van der Waals surface area contributed by atoms with Crippen LogP contribution in [0.2, 0.25) is 0 Å². The van der Waals surface area contributed by atoms with E-state index in [0.29, 0.717) is 18.0 Å². The smallest absolute Gasteiger partial charge is 0.338 e. The number of amides is 3. The Morgan fingerprint density at radius 1 is 1.07 bits per heavy atom. The molecule has 0 bridgehead atoms.